The summed E-state index contributed by atoms with van der Waals surface area (Å²) in [7, 11) is 1.40. The molecule has 2 N–H and O–H groups in total. The fourth-order valence-corrected chi connectivity index (χ4v) is 2.18. The van der Waals surface area contributed by atoms with Crippen LogP contribution in [0.25, 0.3) is 0 Å². The summed E-state index contributed by atoms with van der Waals surface area (Å²) < 4.78 is 5.10. The summed E-state index contributed by atoms with van der Waals surface area (Å²) in [5.74, 6) is -0.342. The molecular weight excluding hydrogens is 360 g/mol. The Balaban J connectivity index is 2.21. The van der Waals surface area contributed by atoms with Crippen molar-refractivity contribution < 1.29 is 14.5 Å². The molecule has 0 unspecified atom stereocenters. The number of nitriles is 1. The molecule has 26 heavy (non-hydrogen) atoms. The third kappa shape index (κ3) is 4.72. The first-order valence-corrected chi connectivity index (χ1v) is 7.58. The summed E-state index contributed by atoms with van der Waals surface area (Å²) >= 11 is 5.84. The Morgan fingerprint density at radius 1 is 1.35 bits per heavy atom. The number of anilines is 2. The Hall–Kier alpha value is -3.57. The number of carbonyl (C=O) groups is 1. The number of methoxy groups -OCH3 is 1. The van der Waals surface area contributed by atoms with Crippen LogP contribution >= 0.6 is 11.6 Å². The van der Waals surface area contributed by atoms with Gasteiger partial charge < -0.3 is 15.4 Å². The number of nitro groups is 1. The summed E-state index contributed by atoms with van der Waals surface area (Å²) in [6.45, 7) is 0. The highest BCUT2D eigenvalue weighted by molar-refractivity contribution is 6.31. The number of nitrogens with zero attached hydrogens (tertiary/aromatic N) is 2. The third-order valence-corrected chi connectivity index (χ3v) is 3.45. The minimum atomic E-state index is -0.660. The summed E-state index contributed by atoms with van der Waals surface area (Å²) in [6, 6.07) is 12.1. The third-order valence-electron chi connectivity index (χ3n) is 3.21. The van der Waals surface area contributed by atoms with Gasteiger partial charge in [-0.2, -0.15) is 5.26 Å². The second-order valence-corrected chi connectivity index (χ2v) is 5.36. The average molecular weight is 373 g/mol. The Labute approximate surface area is 153 Å². The maximum Gasteiger partial charge on any atom is 0.271 e. The lowest BCUT2D eigenvalue weighted by Gasteiger charge is -2.09. The number of amides is 1. The van der Waals surface area contributed by atoms with Gasteiger partial charge in [0.05, 0.1) is 17.7 Å². The Morgan fingerprint density at radius 3 is 2.73 bits per heavy atom. The monoisotopic (exact) mass is 372 g/mol. The van der Waals surface area contributed by atoms with E-state index in [4.69, 9.17) is 16.3 Å². The van der Waals surface area contributed by atoms with E-state index in [9.17, 15) is 20.2 Å². The summed E-state index contributed by atoms with van der Waals surface area (Å²) in [6.07, 6.45) is 1.14. The van der Waals surface area contributed by atoms with Crippen LogP contribution in [0.3, 0.4) is 0 Å². The van der Waals surface area contributed by atoms with Gasteiger partial charge in [-0.3, -0.25) is 14.9 Å². The van der Waals surface area contributed by atoms with Gasteiger partial charge in [0, 0.05) is 29.0 Å². The Bertz CT molecular complexity index is 921. The zero-order chi connectivity index (χ0) is 19.1. The lowest BCUT2D eigenvalue weighted by atomic mass is 10.2. The van der Waals surface area contributed by atoms with E-state index < -0.39 is 10.8 Å². The van der Waals surface area contributed by atoms with Crippen LogP contribution in [0.2, 0.25) is 5.02 Å². The number of rotatable bonds is 6. The van der Waals surface area contributed by atoms with Crippen LogP contribution in [-0.2, 0) is 4.79 Å². The quantitative estimate of drug-likeness (QED) is 0.345. The topological polar surface area (TPSA) is 117 Å². The molecule has 0 fully saturated rings. The van der Waals surface area contributed by atoms with Gasteiger partial charge in [0.1, 0.15) is 17.4 Å². The van der Waals surface area contributed by atoms with Crippen molar-refractivity contribution in [3.05, 3.63) is 69.4 Å². The van der Waals surface area contributed by atoms with Crippen molar-refractivity contribution in [1.82, 2.24) is 0 Å². The van der Waals surface area contributed by atoms with Crippen LogP contribution in [0.4, 0.5) is 17.1 Å². The van der Waals surface area contributed by atoms with Crippen molar-refractivity contribution in [1.29, 1.82) is 5.26 Å². The van der Waals surface area contributed by atoms with Gasteiger partial charge in [-0.1, -0.05) is 17.7 Å². The van der Waals surface area contributed by atoms with E-state index in [1.54, 1.807) is 24.3 Å². The SMILES string of the molecule is COc1ccc([N+](=O)[O-])cc1N/C=C(/C#N)C(=O)Nc1cccc(Cl)c1. The van der Waals surface area contributed by atoms with E-state index in [-0.39, 0.29) is 16.9 Å². The van der Waals surface area contributed by atoms with Crippen molar-refractivity contribution in [2.75, 3.05) is 17.7 Å². The molecule has 0 aliphatic rings. The fourth-order valence-electron chi connectivity index (χ4n) is 1.99. The molecule has 1 amide bonds. The zero-order valence-electron chi connectivity index (χ0n) is 13.5. The molecular formula is C17H13ClN4O4. The van der Waals surface area contributed by atoms with E-state index in [1.807, 2.05) is 0 Å². The Morgan fingerprint density at radius 2 is 2.12 bits per heavy atom. The smallest absolute Gasteiger partial charge is 0.271 e. The molecule has 0 bridgehead atoms. The minimum absolute atomic E-state index is 0.163. The van der Waals surface area contributed by atoms with Gasteiger partial charge in [0.15, 0.2) is 0 Å². The number of halogens is 1. The minimum Gasteiger partial charge on any atom is -0.495 e. The van der Waals surface area contributed by atoms with Gasteiger partial charge in [-0.15, -0.1) is 0 Å². The lowest BCUT2D eigenvalue weighted by Crippen LogP contribution is -2.14. The number of carbonyl (C=O) groups excluding carboxylic acids is 1. The molecule has 0 saturated heterocycles. The molecule has 2 aromatic rings. The van der Waals surface area contributed by atoms with Crippen molar-refractivity contribution in [2.45, 2.75) is 0 Å². The van der Waals surface area contributed by atoms with E-state index in [1.165, 1.54) is 31.4 Å². The van der Waals surface area contributed by atoms with E-state index in [0.717, 1.165) is 6.20 Å². The molecule has 0 spiro atoms. The number of nitro benzene ring substituents is 1. The van der Waals surface area contributed by atoms with Gasteiger partial charge in [-0.05, 0) is 24.3 Å². The highest BCUT2D eigenvalue weighted by Crippen LogP contribution is 2.29. The second-order valence-electron chi connectivity index (χ2n) is 4.92. The zero-order valence-corrected chi connectivity index (χ0v) is 14.3. The molecule has 2 aromatic carbocycles. The molecule has 0 atom stereocenters. The molecule has 0 radical (unpaired) electrons. The van der Waals surface area contributed by atoms with Gasteiger partial charge in [0.2, 0.25) is 0 Å². The van der Waals surface area contributed by atoms with Crippen molar-refractivity contribution in [2.24, 2.45) is 0 Å². The molecule has 8 nitrogen and oxygen atoms in total. The number of benzene rings is 2. The van der Waals surface area contributed by atoms with Crippen LogP contribution in [0.5, 0.6) is 5.75 Å². The largest absolute Gasteiger partial charge is 0.495 e. The number of ether oxygens (including phenoxy) is 1. The van der Waals surface area contributed by atoms with Crippen LogP contribution < -0.4 is 15.4 Å². The maximum atomic E-state index is 12.2. The standard InChI is InChI=1S/C17H13ClN4O4/c1-26-16-6-5-14(22(24)25)8-15(16)20-10-11(9-19)17(23)21-13-4-2-3-12(18)7-13/h2-8,10,20H,1H3,(H,21,23)/b11-10-. The predicted octanol–water partition coefficient (Wildman–Crippen LogP) is 3.71. The predicted molar refractivity (Wildman–Crippen MR) is 97.0 cm³/mol. The lowest BCUT2D eigenvalue weighted by molar-refractivity contribution is -0.384. The summed E-state index contributed by atoms with van der Waals surface area (Å²) in [4.78, 5) is 22.5. The summed E-state index contributed by atoms with van der Waals surface area (Å²) in [5, 5.41) is 25.7. The molecule has 0 aliphatic heterocycles. The first-order chi connectivity index (χ1) is 12.4. The fraction of sp³-hybridized carbons (Fsp3) is 0.0588. The molecule has 9 heteroatoms. The molecule has 0 heterocycles. The highest BCUT2D eigenvalue weighted by Gasteiger charge is 2.13. The molecule has 0 aliphatic carbocycles. The van der Waals surface area contributed by atoms with Crippen LogP contribution in [0, 0.1) is 21.4 Å². The summed E-state index contributed by atoms with van der Waals surface area (Å²) in [5.41, 5.74) is 0.267. The first-order valence-electron chi connectivity index (χ1n) is 7.20. The normalized spacial score (nSPS) is 10.6. The van der Waals surface area contributed by atoms with Gasteiger partial charge in [-0.25, -0.2) is 0 Å². The van der Waals surface area contributed by atoms with Crippen molar-refractivity contribution >= 4 is 34.6 Å². The number of hydrogen-bond acceptors (Lipinski definition) is 6. The number of hydrogen-bond donors (Lipinski definition) is 2. The number of nitrogens with one attached hydrogen (secondary N) is 2. The maximum absolute atomic E-state index is 12.2. The molecule has 2 rings (SSSR count). The van der Waals surface area contributed by atoms with Gasteiger partial charge >= 0.3 is 0 Å². The Kier molecular flexibility index (Phi) is 6.14. The van der Waals surface area contributed by atoms with Crippen LogP contribution in [0.1, 0.15) is 0 Å². The average Bonchev–Trinajstić information content (AvgIpc) is 2.62. The van der Waals surface area contributed by atoms with E-state index >= 15 is 0 Å². The van der Waals surface area contributed by atoms with E-state index in [2.05, 4.69) is 10.6 Å². The highest BCUT2D eigenvalue weighted by atomic mass is 35.5. The molecule has 0 saturated carbocycles. The van der Waals surface area contributed by atoms with Crippen molar-refractivity contribution in [3.63, 3.8) is 0 Å². The molecule has 132 valence electrons. The first kappa shape index (κ1) is 18.8. The second kappa shape index (κ2) is 8.50. The van der Waals surface area contributed by atoms with Crippen LogP contribution in [-0.4, -0.2) is 17.9 Å². The van der Waals surface area contributed by atoms with Gasteiger partial charge in [0.25, 0.3) is 11.6 Å². The van der Waals surface area contributed by atoms with Crippen LogP contribution in [0.15, 0.2) is 54.2 Å². The molecule has 0 aromatic heterocycles. The van der Waals surface area contributed by atoms with Crippen molar-refractivity contribution in [3.8, 4) is 11.8 Å². The van der Waals surface area contributed by atoms with E-state index in [0.29, 0.717) is 16.5 Å². The number of non-ortho nitro benzene ring substituents is 1.